The fourth-order valence-corrected chi connectivity index (χ4v) is 3.45. The highest BCUT2D eigenvalue weighted by Crippen LogP contribution is 2.27. The molecule has 1 atom stereocenters. The van der Waals surface area contributed by atoms with E-state index in [0.29, 0.717) is 18.4 Å². The van der Waals surface area contributed by atoms with E-state index < -0.39 is 0 Å². The van der Waals surface area contributed by atoms with Gasteiger partial charge in [0, 0.05) is 25.6 Å². The first-order chi connectivity index (χ1) is 10.1. The van der Waals surface area contributed by atoms with Crippen LogP contribution in [0.25, 0.3) is 0 Å². The van der Waals surface area contributed by atoms with Gasteiger partial charge in [-0.25, -0.2) is 0 Å². The lowest BCUT2D eigenvalue weighted by Crippen LogP contribution is -2.47. The summed E-state index contributed by atoms with van der Waals surface area (Å²) in [6.07, 6.45) is 7.59. The summed E-state index contributed by atoms with van der Waals surface area (Å²) in [5.74, 6) is 1.11. The third-order valence-corrected chi connectivity index (χ3v) is 4.74. The first-order valence-electron chi connectivity index (χ1n) is 8.64. The average molecular weight is 294 g/mol. The van der Waals surface area contributed by atoms with Gasteiger partial charge in [-0.2, -0.15) is 0 Å². The predicted molar refractivity (Wildman–Crippen MR) is 83.7 cm³/mol. The molecule has 1 aliphatic carbocycles. The van der Waals surface area contributed by atoms with E-state index in [1.165, 1.54) is 19.3 Å². The first-order valence-corrected chi connectivity index (χ1v) is 8.64. The standard InChI is InChI=1S/C17H30N2O2/c1-13(2)11-18-16(20)15-9-6-10-19(12-15)17(21)14-7-4-3-5-8-14/h13-15H,3-12H2,1-2H3,(H,18,20)/t15-/m1/s1. The van der Waals surface area contributed by atoms with E-state index in [9.17, 15) is 9.59 Å². The molecule has 4 nitrogen and oxygen atoms in total. The number of nitrogens with one attached hydrogen (secondary N) is 1. The van der Waals surface area contributed by atoms with E-state index in [4.69, 9.17) is 0 Å². The van der Waals surface area contributed by atoms with Gasteiger partial charge in [0.2, 0.25) is 11.8 Å². The van der Waals surface area contributed by atoms with Crippen molar-refractivity contribution in [3.63, 3.8) is 0 Å². The molecule has 0 radical (unpaired) electrons. The molecule has 2 fully saturated rings. The summed E-state index contributed by atoms with van der Waals surface area (Å²) < 4.78 is 0. The van der Waals surface area contributed by atoms with Gasteiger partial charge in [0.05, 0.1) is 5.92 Å². The Labute approximate surface area is 128 Å². The smallest absolute Gasteiger partial charge is 0.225 e. The zero-order valence-electron chi connectivity index (χ0n) is 13.6. The molecule has 120 valence electrons. The quantitative estimate of drug-likeness (QED) is 0.866. The Morgan fingerprint density at radius 3 is 2.38 bits per heavy atom. The third-order valence-electron chi connectivity index (χ3n) is 4.74. The topological polar surface area (TPSA) is 49.4 Å². The van der Waals surface area contributed by atoms with Crippen molar-refractivity contribution in [3.05, 3.63) is 0 Å². The van der Waals surface area contributed by atoms with Crippen molar-refractivity contribution in [2.24, 2.45) is 17.8 Å². The van der Waals surface area contributed by atoms with Crippen molar-refractivity contribution in [1.29, 1.82) is 0 Å². The van der Waals surface area contributed by atoms with E-state index >= 15 is 0 Å². The van der Waals surface area contributed by atoms with Crippen molar-refractivity contribution in [2.45, 2.75) is 58.8 Å². The Balaban J connectivity index is 1.84. The van der Waals surface area contributed by atoms with Gasteiger partial charge in [-0.15, -0.1) is 0 Å². The maximum Gasteiger partial charge on any atom is 0.225 e. The number of hydrogen-bond acceptors (Lipinski definition) is 2. The largest absolute Gasteiger partial charge is 0.356 e. The fourth-order valence-electron chi connectivity index (χ4n) is 3.45. The van der Waals surface area contributed by atoms with Crippen molar-refractivity contribution in [1.82, 2.24) is 10.2 Å². The van der Waals surface area contributed by atoms with E-state index in [2.05, 4.69) is 19.2 Å². The molecular formula is C17H30N2O2. The number of rotatable bonds is 4. The summed E-state index contributed by atoms with van der Waals surface area (Å²) >= 11 is 0. The maximum absolute atomic E-state index is 12.6. The number of likely N-dealkylation sites (tertiary alicyclic amines) is 1. The van der Waals surface area contributed by atoms with Gasteiger partial charge < -0.3 is 10.2 Å². The predicted octanol–water partition coefficient (Wildman–Crippen LogP) is 2.58. The maximum atomic E-state index is 12.6. The average Bonchev–Trinajstić information content (AvgIpc) is 2.52. The molecule has 0 spiro atoms. The van der Waals surface area contributed by atoms with Crippen molar-refractivity contribution < 1.29 is 9.59 Å². The molecule has 2 rings (SSSR count). The van der Waals surface area contributed by atoms with Gasteiger partial charge in [0.15, 0.2) is 0 Å². The molecule has 1 aliphatic heterocycles. The Kier molecular flexibility index (Phi) is 6.07. The normalized spacial score (nSPS) is 24.1. The summed E-state index contributed by atoms with van der Waals surface area (Å²) in [7, 11) is 0. The van der Waals surface area contributed by atoms with E-state index in [-0.39, 0.29) is 17.7 Å². The molecule has 2 aliphatic rings. The number of piperidine rings is 1. The summed E-state index contributed by atoms with van der Waals surface area (Å²) in [5, 5.41) is 3.01. The van der Waals surface area contributed by atoms with Crippen LogP contribution in [0.3, 0.4) is 0 Å². The number of carbonyl (C=O) groups is 2. The summed E-state index contributed by atoms with van der Waals surface area (Å²) in [6, 6.07) is 0. The van der Waals surface area contributed by atoms with Crippen LogP contribution in [-0.4, -0.2) is 36.3 Å². The lowest BCUT2D eigenvalue weighted by atomic mass is 9.87. The van der Waals surface area contributed by atoms with Gasteiger partial charge in [-0.1, -0.05) is 33.1 Å². The van der Waals surface area contributed by atoms with Crippen molar-refractivity contribution in [2.75, 3.05) is 19.6 Å². The minimum absolute atomic E-state index is 0.00922. The lowest BCUT2D eigenvalue weighted by Gasteiger charge is -2.35. The number of nitrogens with zero attached hydrogens (tertiary/aromatic N) is 1. The van der Waals surface area contributed by atoms with Gasteiger partial charge in [0.25, 0.3) is 0 Å². The molecule has 4 heteroatoms. The van der Waals surface area contributed by atoms with Crippen LogP contribution >= 0.6 is 0 Å². The third kappa shape index (κ3) is 4.72. The van der Waals surface area contributed by atoms with Gasteiger partial charge >= 0.3 is 0 Å². The molecule has 2 amide bonds. The molecule has 1 heterocycles. The van der Waals surface area contributed by atoms with Crippen LogP contribution in [0.4, 0.5) is 0 Å². The molecular weight excluding hydrogens is 264 g/mol. The summed E-state index contributed by atoms with van der Waals surface area (Å²) in [5.41, 5.74) is 0. The molecule has 1 saturated heterocycles. The van der Waals surface area contributed by atoms with Crippen LogP contribution in [0.5, 0.6) is 0 Å². The zero-order chi connectivity index (χ0) is 15.2. The van der Waals surface area contributed by atoms with Crippen molar-refractivity contribution in [3.8, 4) is 0 Å². The zero-order valence-corrected chi connectivity index (χ0v) is 13.6. The van der Waals surface area contributed by atoms with Crippen LogP contribution in [-0.2, 0) is 9.59 Å². The van der Waals surface area contributed by atoms with Crippen LogP contribution in [0, 0.1) is 17.8 Å². The van der Waals surface area contributed by atoms with Gasteiger partial charge in [0.1, 0.15) is 0 Å². The number of amides is 2. The van der Waals surface area contributed by atoms with E-state index in [1.54, 1.807) is 0 Å². The van der Waals surface area contributed by atoms with Crippen LogP contribution in [0.1, 0.15) is 58.8 Å². The molecule has 0 aromatic carbocycles. The SMILES string of the molecule is CC(C)CNC(=O)[C@@H]1CCCN(C(=O)C2CCCCC2)C1. The highest BCUT2D eigenvalue weighted by Gasteiger charge is 2.32. The Morgan fingerprint density at radius 2 is 1.71 bits per heavy atom. The minimum atomic E-state index is -0.00922. The highest BCUT2D eigenvalue weighted by atomic mass is 16.2. The van der Waals surface area contributed by atoms with Crippen LogP contribution < -0.4 is 5.32 Å². The Hall–Kier alpha value is -1.06. The second-order valence-electron chi connectivity index (χ2n) is 7.10. The highest BCUT2D eigenvalue weighted by molar-refractivity contribution is 5.82. The van der Waals surface area contributed by atoms with Gasteiger partial charge in [-0.05, 0) is 31.6 Å². The minimum Gasteiger partial charge on any atom is -0.356 e. The Bertz CT molecular complexity index is 362. The molecule has 1 N–H and O–H groups in total. The van der Waals surface area contributed by atoms with Crippen LogP contribution in [0.15, 0.2) is 0 Å². The molecule has 1 saturated carbocycles. The molecule has 0 aromatic heterocycles. The molecule has 21 heavy (non-hydrogen) atoms. The van der Waals surface area contributed by atoms with E-state index in [1.807, 2.05) is 4.90 Å². The summed E-state index contributed by atoms with van der Waals surface area (Å²) in [6.45, 7) is 6.38. The monoisotopic (exact) mass is 294 g/mol. The summed E-state index contributed by atoms with van der Waals surface area (Å²) in [4.78, 5) is 26.7. The fraction of sp³-hybridized carbons (Fsp3) is 0.882. The number of hydrogen-bond donors (Lipinski definition) is 1. The van der Waals surface area contributed by atoms with Crippen LogP contribution in [0.2, 0.25) is 0 Å². The lowest BCUT2D eigenvalue weighted by molar-refractivity contribution is -0.140. The number of carbonyl (C=O) groups excluding carboxylic acids is 2. The molecule has 0 bridgehead atoms. The second-order valence-corrected chi connectivity index (χ2v) is 7.10. The second kappa shape index (κ2) is 7.81. The first kappa shape index (κ1) is 16.3. The molecule has 0 unspecified atom stereocenters. The van der Waals surface area contributed by atoms with E-state index in [0.717, 1.165) is 38.8 Å². The Morgan fingerprint density at radius 1 is 1.05 bits per heavy atom. The van der Waals surface area contributed by atoms with Gasteiger partial charge in [-0.3, -0.25) is 9.59 Å². The molecule has 0 aromatic rings. The van der Waals surface area contributed by atoms with Crippen molar-refractivity contribution >= 4 is 11.8 Å².